The van der Waals surface area contributed by atoms with E-state index in [1.807, 2.05) is 12.1 Å². The molecule has 2 aromatic rings. The molecule has 0 aliphatic heterocycles. The third-order valence-corrected chi connectivity index (χ3v) is 3.65. The first-order valence-corrected chi connectivity index (χ1v) is 6.25. The van der Waals surface area contributed by atoms with Gasteiger partial charge in [0.25, 0.3) is 11.6 Å². The lowest BCUT2D eigenvalue weighted by Gasteiger charge is -2.12. The minimum Gasteiger partial charge on any atom is -0.395 e. The Labute approximate surface area is 124 Å². The summed E-state index contributed by atoms with van der Waals surface area (Å²) in [5.74, 6) is -1.82. The van der Waals surface area contributed by atoms with Crippen LogP contribution in [0.3, 0.4) is 0 Å². The van der Waals surface area contributed by atoms with Crippen molar-refractivity contribution in [2.24, 2.45) is 11.5 Å². The second kappa shape index (κ2) is 4.44. The third kappa shape index (κ3) is 1.52. The number of rotatable bonds is 0. The summed E-state index contributed by atoms with van der Waals surface area (Å²) in [4.78, 5) is 23.7. The molecular formula is C16H8N4O2. The predicted molar refractivity (Wildman–Crippen MR) is 77.8 cm³/mol. The number of hydrogen-bond donors (Lipinski definition) is 2. The van der Waals surface area contributed by atoms with Crippen LogP contribution in [0.15, 0.2) is 24.3 Å². The fourth-order valence-electron chi connectivity index (χ4n) is 2.63. The van der Waals surface area contributed by atoms with Crippen molar-refractivity contribution in [3.63, 3.8) is 0 Å². The van der Waals surface area contributed by atoms with Gasteiger partial charge in [-0.25, -0.2) is 0 Å². The van der Waals surface area contributed by atoms with Gasteiger partial charge in [-0.15, -0.1) is 0 Å². The van der Waals surface area contributed by atoms with Gasteiger partial charge in [-0.2, -0.15) is 10.5 Å². The van der Waals surface area contributed by atoms with Crippen molar-refractivity contribution in [3.8, 4) is 12.1 Å². The molecule has 3 rings (SSSR count). The van der Waals surface area contributed by atoms with Gasteiger partial charge in [0, 0.05) is 15.8 Å². The van der Waals surface area contributed by atoms with Gasteiger partial charge in [-0.05, 0) is 17.5 Å². The molecule has 2 aromatic carbocycles. The number of Topliss-reactive ketones (excluding diaryl/α,β-unsaturated/α-hetero) is 2. The molecule has 0 saturated heterocycles. The summed E-state index contributed by atoms with van der Waals surface area (Å²) in [6.45, 7) is 0. The highest BCUT2D eigenvalue weighted by Crippen LogP contribution is 2.19. The zero-order valence-electron chi connectivity index (χ0n) is 11.2. The van der Waals surface area contributed by atoms with Gasteiger partial charge in [0.15, 0.2) is 0 Å². The molecule has 0 aromatic heterocycles. The predicted octanol–water partition coefficient (Wildman–Crippen LogP) is -1.13. The Morgan fingerprint density at radius 3 is 2.27 bits per heavy atom. The SMILES string of the molecule is N#Cc1cccc2cc3c(c(C#N)c12)=C(N)C(=O)C(=O)C=3N. The summed E-state index contributed by atoms with van der Waals surface area (Å²) in [6, 6.07) is 10.5. The molecule has 0 radical (unpaired) electrons. The molecule has 6 heteroatoms. The molecule has 0 fully saturated rings. The van der Waals surface area contributed by atoms with Crippen LogP contribution in [0.4, 0.5) is 0 Å². The average Bonchev–Trinajstić information content (AvgIpc) is 2.55. The van der Waals surface area contributed by atoms with Crippen LogP contribution in [0.2, 0.25) is 0 Å². The number of carbonyl (C=O) groups excluding carboxylic acids is 2. The largest absolute Gasteiger partial charge is 0.395 e. The molecule has 104 valence electrons. The normalized spacial score (nSPS) is 13.7. The molecule has 0 amide bonds. The van der Waals surface area contributed by atoms with Crippen LogP contribution in [0.1, 0.15) is 11.1 Å². The second-order valence-electron chi connectivity index (χ2n) is 4.79. The Hall–Kier alpha value is -3.64. The highest BCUT2D eigenvalue weighted by atomic mass is 16.2. The van der Waals surface area contributed by atoms with Gasteiger partial charge in [-0.1, -0.05) is 12.1 Å². The Morgan fingerprint density at radius 1 is 0.955 bits per heavy atom. The van der Waals surface area contributed by atoms with Crippen molar-refractivity contribution < 1.29 is 9.59 Å². The maximum Gasteiger partial charge on any atom is 0.251 e. The first kappa shape index (κ1) is 13.3. The minimum atomic E-state index is -0.935. The lowest BCUT2D eigenvalue weighted by molar-refractivity contribution is -0.130. The topological polar surface area (TPSA) is 134 Å². The highest BCUT2D eigenvalue weighted by molar-refractivity contribution is 6.62. The Kier molecular flexibility index (Phi) is 2.69. The molecule has 4 N–H and O–H groups in total. The molecular weight excluding hydrogens is 280 g/mol. The number of nitrogens with zero attached hydrogens (tertiary/aromatic N) is 2. The second-order valence-corrected chi connectivity index (χ2v) is 4.79. The van der Waals surface area contributed by atoms with Gasteiger partial charge in [0.1, 0.15) is 6.07 Å². The fraction of sp³-hybridized carbons (Fsp3) is 0. The van der Waals surface area contributed by atoms with E-state index < -0.39 is 11.6 Å². The zero-order valence-corrected chi connectivity index (χ0v) is 11.2. The number of hydrogen-bond acceptors (Lipinski definition) is 6. The van der Waals surface area contributed by atoms with Crippen LogP contribution in [0.25, 0.3) is 22.2 Å². The van der Waals surface area contributed by atoms with Crippen LogP contribution < -0.4 is 21.9 Å². The molecule has 22 heavy (non-hydrogen) atoms. The minimum absolute atomic E-state index is 0.0750. The van der Waals surface area contributed by atoms with Crippen LogP contribution in [-0.2, 0) is 9.59 Å². The molecule has 6 nitrogen and oxygen atoms in total. The number of fused-ring (bicyclic) bond motifs is 2. The fourth-order valence-corrected chi connectivity index (χ4v) is 2.63. The lowest BCUT2D eigenvalue weighted by atomic mass is 9.91. The van der Waals surface area contributed by atoms with E-state index in [9.17, 15) is 20.1 Å². The first-order valence-electron chi connectivity index (χ1n) is 6.25. The molecule has 0 heterocycles. The molecule has 1 aliphatic carbocycles. The van der Waals surface area contributed by atoms with E-state index in [0.717, 1.165) is 0 Å². The van der Waals surface area contributed by atoms with E-state index in [1.165, 1.54) is 0 Å². The van der Waals surface area contributed by atoms with E-state index in [-0.39, 0.29) is 33.0 Å². The average molecular weight is 288 g/mol. The van der Waals surface area contributed by atoms with Crippen molar-refractivity contribution in [3.05, 3.63) is 45.8 Å². The maximum atomic E-state index is 11.9. The first-order chi connectivity index (χ1) is 10.5. The smallest absolute Gasteiger partial charge is 0.251 e. The maximum absolute atomic E-state index is 11.9. The zero-order chi connectivity index (χ0) is 16.0. The van der Waals surface area contributed by atoms with Crippen molar-refractivity contribution >= 4 is 33.7 Å². The summed E-state index contributed by atoms with van der Waals surface area (Å²) in [5.41, 5.74) is 11.3. The van der Waals surface area contributed by atoms with Crippen LogP contribution in [0.5, 0.6) is 0 Å². The highest BCUT2D eigenvalue weighted by Gasteiger charge is 2.27. The van der Waals surface area contributed by atoms with Gasteiger partial charge in [0.05, 0.1) is 28.6 Å². The van der Waals surface area contributed by atoms with Gasteiger partial charge in [0.2, 0.25) is 0 Å². The Balaban J connectivity index is 2.79. The molecule has 0 spiro atoms. The van der Waals surface area contributed by atoms with E-state index in [1.54, 1.807) is 24.3 Å². The van der Waals surface area contributed by atoms with E-state index in [4.69, 9.17) is 11.5 Å². The summed E-state index contributed by atoms with van der Waals surface area (Å²) in [5, 5.41) is 20.1. The number of nitriles is 2. The molecule has 0 unspecified atom stereocenters. The number of nitrogens with two attached hydrogens (primary N) is 2. The summed E-state index contributed by atoms with van der Waals surface area (Å²) in [6.07, 6.45) is 0. The monoisotopic (exact) mass is 288 g/mol. The van der Waals surface area contributed by atoms with Gasteiger partial charge >= 0.3 is 0 Å². The van der Waals surface area contributed by atoms with Crippen LogP contribution in [0, 0.1) is 22.7 Å². The lowest BCUT2D eigenvalue weighted by Crippen LogP contribution is -2.47. The standard InChI is InChI=1S/C16H8N4O2/c17-5-8-3-1-2-7-4-9-12(10(6-18)11(7)8)14(20)16(22)15(21)13(9)19/h1-4H,19-20H2. The van der Waals surface area contributed by atoms with Crippen molar-refractivity contribution in [1.29, 1.82) is 10.5 Å². The van der Waals surface area contributed by atoms with E-state index in [2.05, 4.69) is 0 Å². The van der Waals surface area contributed by atoms with Gasteiger partial charge < -0.3 is 11.5 Å². The Morgan fingerprint density at radius 2 is 1.64 bits per heavy atom. The molecule has 1 aliphatic rings. The third-order valence-electron chi connectivity index (χ3n) is 3.65. The van der Waals surface area contributed by atoms with Crippen LogP contribution >= 0.6 is 0 Å². The number of carbonyl (C=O) groups is 2. The van der Waals surface area contributed by atoms with E-state index in [0.29, 0.717) is 10.8 Å². The summed E-state index contributed by atoms with van der Waals surface area (Å²) >= 11 is 0. The van der Waals surface area contributed by atoms with Crippen molar-refractivity contribution in [2.45, 2.75) is 0 Å². The molecule has 0 atom stereocenters. The summed E-state index contributed by atoms with van der Waals surface area (Å²) in [7, 11) is 0. The van der Waals surface area contributed by atoms with Gasteiger partial charge in [-0.3, -0.25) is 9.59 Å². The van der Waals surface area contributed by atoms with Crippen LogP contribution in [-0.4, -0.2) is 11.6 Å². The molecule has 0 bridgehead atoms. The summed E-state index contributed by atoms with van der Waals surface area (Å²) < 4.78 is 0. The number of benzene rings is 2. The van der Waals surface area contributed by atoms with E-state index >= 15 is 0 Å². The van der Waals surface area contributed by atoms with Crippen molar-refractivity contribution in [1.82, 2.24) is 0 Å². The molecule has 0 saturated carbocycles. The quantitative estimate of drug-likeness (QED) is 0.589. The Bertz CT molecular complexity index is 1100. The van der Waals surface area contributed by atoms with Crippen molar-refractivity contribution in [2.75, 3.05) is 0 Å². The number of ketones is 2.